The van der Waals surface area contributed by atoms with Crippen LogP contribution in [0.4, 0.5) is 17.2 Å². The van der Waals surface area contributed by atoms with Crippen LogP contribution in [0.3, 0.4) is 0 Å². The Morgan fingerprint density at radius 3 is 2.68 bits per heavy atom. The van der Waals surface area contributed by atoms with Crippen molar-refractivity contribution in [3.05, 3.63) is 53.2 Å². The number of carbonyl (C=O) groups excluding carboxylic acids is 1. The van der Waals surface area contributed by atoms with Gasteiger partial charge in [-0.2, -0.15) is 5.21 Å². The van der Waals surface area contributed by atoms with Gasteiger partial charge >= 0.3 is 0 Å². The molecule has 0 atom stereocenters. The molecule has 0 saturated carbocycles. The largest absolute Gasteiger partial charge is 0.494 e. The molecule has 0 unspecified atom stereocenters. The maximum Gasteiger partial charge on any atom is 0.280 e. The summed E-state index contributed by atoms with van der Waals surface area (Å²) in [6.45, 7) is 4.73. The minimum atomic E-state index is -0.451. The molecule has 0 fully saturated rings. The first-order valence-corrected chi connectivity index (χ1v) is 9.12. The Balaban J connectivity index is 1.82. The molecule has 8 nitrogen and oxygen atoms in total. The van der Waals surface area contributed by atoms with Crippen LogP contribution in [0.2, 0.25) is 5.02 Å². The van der Waals surface area contributed by atoms with E-state index < -0.39 is 5.91 Å². The van der Waals surface area contributed by atoms with E-state index in [9.17, 15) is 4.79 Å². The maximum atomic E-state index is 12.8. The number of benzene rings is 2. The number of nitrogens with zero attached hydrogens (tertiary/aromatic N) is 2. The number of amides is 1. The van der Waals surface area contributed by atoms with Crippen molar-refractivity contribution < 1.29 is 14.3 Å². The fourth-order valence-corrected chi connectivity index (χ4v) is 2.70. The van der Waals surface area contributed by atoms with Gasteiger partial charge in [-0.05, 0) is 44.2 Å². The molecule has 146 valence electrons. The highest BCUT2D eigenvalue weighted by Gasteiger charge is 2.19. The molecule has 2 aromatic carbocycles. The third kappa shape index (κ3) is 4.72. The van der Waals surface area contributed by atoms with Gasteiger partial charge in [0, 0.05) is 16.8 Å². The Morgan fingerprint density at radius 2 is 1.93 bits per heavy atom. The van der Waals surface area contributed by atoms with Crippen LogP contribution in [0.25, 0.3) is 0 Å². The lowest BCUT2D eigenvalue weighted by Gasteiger charge is -2.13. The van der Waals surface area contributed by atoms with E-state index in [1.54, 1.807) is 42.5 Å². The second kappa shape index (κ2) is 9.09. The van der Waals surface area contributed by atoms with Crippen LogP contribution in [-0.4, -0.2) is 34.5 Å². The predicted octanol–water partition coefficient (Wildman–Crippen LogP) is 4.25. The van der Waals surface area contributed by atoms with Crippen LogP contribution in [0.5, 0.6) is 11.5 Å². The molecule has 0 spiro atoms. The summed E-state index contributed by atoms with van der Waals surface area (Å²) >= 11 is 5.99. The lowest BCUT2D eigenvalue weighted by atomic mass is 10.2. The molecule has 28 heavy (non-hydrogen) atoms. The molecule has 9 heteroatoms. The second-order valence-electron chi connectivity index (χ2n) is 5.63. The van der Waals surface area contributed by atoms with Crippen LogP contribution in [0.1, 0.15) is 24.3 Å². The van der Waals surface area contributed by atoms with Gasteiger partial charge in [-0.15, -0.1) is 10.2 Å². The number of hydrogen-bond acceptors (Lipinski definition) is 6. The Bertz CT molecular complexity index is 960. The highest BCUT2D eigenvalue weighted by molar-refractivity contribution is 6.30. The van der Waals surface area contributed by atoms with Gasteiger partial charge < -0.3 is 20.1 Å². The summed E-state index contributed by atoms with van der Waals surface area (Å²) in [5.74, 6) is 0.984. The molecule has 3 aromatic rings. The molecular formula is C19H20ClN5O3. The van der Waals surface area contributed by atoms with Crippen molar-refractivity contribution >= 4 is 34.7 Å². The van der Waals surface area contributed by atoms with Gasteiger partial charge in [0.15, 0.2) is 11.5 Å². The van der Waals surface area contributed by atoms with E-state index in [-0.39, 0.29) is 11.5 Å². The minimum Gasteiger partial charge on any atom is -0.494 e. The van der Waals surface area contributed by atoms with Crippen molar-refractivity contribution in [2.24, 2.45) is 0 Å². The first-order valence-electron chi connectivity index (χ1n) is 8.75. The highest BCUT2D eigenvalue weighted by Crippen LogP contribution is 2.30. The number of halogens is 1. The number of nitrogens with one attached hydrogen (secondary N) is 3. The SMILES string of the molecule is CCOc1ccc(OCC)c(NC(=O)c2n[nH]nc2Nc2cccc(Cl)c2)c1. The predicted molar refractivity (Wildman–Crippen MR) is 108 cm³/mol. The molecule has 1 amide bonds. The maximum absolute atomic E-state index is 12.8. The average molecular weight is 402 g/mol. The van der Waals surface area contributed by atoms with Gasteiger partial charge in [0.05, 0.1) is 18.9 Å². The quantitative estimate of drug-likeness (QED) is 0.521. The van der Waals surface area contributed by atoms with E-state index in [4.69, 9.17) is 21.1 Å². The Morgan fingerprint density at radius 1 is 1.11 bits per heavy atom. The van der Waals surface area contributed by atoms with Gasteiger partial charge in [0.2, 0.25) is 0 Å². The molecule has 1 heterocycles. The number of anilines is 3. The number of carbonyl (C=O) groups is 1. The molecular weight excluding hydrogens is 382 g/mol. The molecule has 0 aliphatic rings. The Labute approximate surface area is 167 Å². The molecule has 0 bridgehead atoms. The standard InChI is InChI=1S/C19H20ClN5O3/c1-3-27-14-8-9-16(28-4-2)15(11-14)22-19(26)17-18(24-25-23-17)21-13-7-5-6-12(20)10-13/h5-11H,3-4H2,1-2H3,(H,22,26)(H2,21,23,24,25). The fraction of sp³-hybridized carbons (Fsp3) is 0.211. The summed E-state index contributed by atoms with van der Waals surface area (Å²) in [5.41, 5.74) is 1.27. The molecule has 0 aliphatic heterocycles. The van der Waals surface area contributed by atoms with Crippen molar-refractivity contribution in [3.8, 4) is 11.5 Å². The van der Waals surface area contributed by atoms with E-state index in [0.29, 0.717) is 41.1 Å². The summed E-state index contributed by atoms with van der Waals surface area (Å²) in [5, 5.41) is 16.8. The van der Waals surface area contributed by atoms with E-state index in [0.717, 1.165) is 0 Å². The van der Waals surface area contributed by atoms with Gasteiger partial charge in [-0.3, -0.25) is 4.79 Å². The van der Waals surface area contributed by atoms with E-state index >= 15 is 0 Å². The average Bonchev–Trinajstić information content (AvgIpc) is 3.12. The van der Waals surface area contributed by atoms with Crippen molar-refractivity contribution in [2.75, 3.05) is 23.8 Å². The van der Waals surface area contributed by atoms with Gasteiger partial charge in [0.25, 0.3) is 5.91 Å². The van der Waals surface area contributed by atoms with Crippen LogP contribution in [-0.2, 0) is 0 Å². The summed E-state index contributed by atoms with van der Waals surface area (Å²) in [6.07, 6.45) is 0. The lowest BCUT2D eigenvalue weighted by molar-refractivity contribution is 0.102. The smallest absolute Gasteiger partial charge is 0.280 e. The molecule has 0 saturated heterocycles. The van der Waals surface area contributed by atoms with E-state index in [1.165, 1.54) is 0 Å². The first kappa shape index (κ1) is 19.5. The van der Waals surface area contributed by atoms with Crippen molar-refractivity contribution in [1.82, 2.24) is 15.4 Å². The molecule has 1 aromatic heterocycles. The molecule has 3 rings (SSSR count). The molecule has 0 radical (unpaired) electrons. The lowest BCUT2D eigenvalue weighted by Crippen LogP contribution is -2.15. The summed E-state index contributed by atoms with van der Waals surface area (Å²) in [4.78, 5) is 12.8. The van der Waals surface area contributed by atoms with Crippen LogP contribution in [0, 0.1) is 0 Å². The third-order valence-electron chi connectivity index (χ3n) is 3.66. The molecule has 0 aliphatic carbocycles. The fourth-order valence-electron chi connectivity index (χ4n) is 2.51. The van der Waals surface area contributed by atoms with E-state index in [2.05, 4.69) is 26.0 Å². The summed E-state index contributed by atoms with van der Waals surface area (Å²) in [6, 6.07) is 12.3. The van der Waals surface area contributed by atoms with Crippen molar-refractivity contribution in [1.29, 1.82) is 0 Å². The number of aromatic amines is 1. The number of hydrogen-bond donors (Lipinski definition) is 3. The highest BCUT2D eigenvalue weighted by atomic mass is 35.5. The third-order valence-corrected chi connectivity index (χ3v) is 3.90. The topological polar surface area (TPSA) is 101 Å². The van der Waals surface area contributed by atoms with Crippen LogP contribution in [0.15, 0.2) is 42.5 Å². The van der Waals surface area contributed by atoms with Crippen LogP contribution < -0.4 is 20.1 Å². The second-order valence-corrected chi connectivity index (χ2v) is 6.07. The minimum absolute atomic E-state index is 0.101. The zero-order valence-corrected chi connectivity index (χ0v) is 16.2. The van der Waals surface area contributed by atoms with Crippen LogP contribution >= 0.6 is 11.6 Å². The van der Waals surface area contributed by atoms with Crippen molar-refractivity contribution in [3.63, 3.8) is 0 Å². The molecule has 3 N–H and O–H groups in total. The normalized spacial score (nSPS) is 10.4. The number of aromatic nitrogens is 3. The summed E-state index contributed by atoms with van der Waals surface area (Å²) < 4.78 is 11.1. The number of ether oxygens (including phenoxy) is 2. The van der Waals surface area contributed by atoms with Crippen molar-refractivity contribution in [2.45, 2.75) is 13.8 Å². The Kier molecular flexibility index (Phi) is 6.33. The zero-order chi connectivity index (χ0) is 19.9. The zero-order valence-electron chi connectivity index (χ0n) is 15.5. The first-order chi connectivity index (χ1) is 13.6. The summed E-state index contributed by atoms with van der Waals surface area (Å²) in [7, 11) is 0. The van der Waals surface area contributed by atoms with Gasteiger partial charge in [-0.1, -0.05) is 17.7 Å². The van der Waals surface area contributed by atoms with E-state index in [1.807, 2.05) is 13.8 Å². The van der Waals surface area contributed by atoms with Gasteiger partial charge in [0.1, 0.15) is 11.5 Å². The van der Waals surface area contributed by atoms with Gasteiger partial charge in [-0.25, -0.2) is 0 Å². The number of H-pyrrole nitrogens is 1. The monoisotopic (exact) mass is 401 g/mol. The Hall–Kier alpha value is -3.26. The number of rotatable bonds is 8.